The number of nitrogens with one attached hydrogen (secondary N) is 1. The Balaban J connectivity index is 0.00000144. The topological polar surface area (TPSA) is 52.7 Å². The number of carbonyl (C=O) groups excluding carboxylic acids is 2. The summed E-state index contributed by atoms with van der Waals surface area (Å²) in [5.41, 5.74) is 0. The fourth-order valence-electron chi connectivity index (χ4n) is 2.39. The van der Waals surface area contributed by atoms with Crippen LogP contribution in [0.15, 0.2) is 0 Å². The first-order chi connectivity index (χ1) is 7.72. The van der Waals surface area contributed by atoms with Gasteiger partial charge in [-0.3, -0.25) is 9.59 Å². The Kier molecular flexibility index (Phi) is 5.21. The lowest BCUT2D eigenvalue weighted by molar-refractivity contribution is -0.136. The highest BCUT2D eigenvalue weighted by Gasteiger charge is 2.35. The molecular weight excluding hydrogens is 242 g/mol. The average molecular weight is 262 g/mol. The molecule has 2 fully saturated rings. The van der Waals surface area contributed by atoms with E-state index in [1.807, 2.05) is 11.8 Å². The molecule has 0 spiro atoms. The van der Waals surface area contributed by atoms with Crippen molar-refractivity contribution in [2.24, 2.45) is 5.92 Å². The van der Waals surface area contributed by atoms with E-state index in [1.165, 1.54) is 0 Å². The molecular formula is C11H20ClN3O2. The summed E-state index contributed by atoms with van der Waals surface area (Å²) in [4.78, 5) is 27.3. The molecule has 0 radical (unpaired) electrons. The molecule has 5 nitrogen and oxygen atoms in total. The number of likely N-dealkylation sites (tertiary alicyclic amines) is 1. The van der Waals surface area contributed by atoms with Crippen molar-refractivity contribution < 1.29 is 9.59 Å². The van der Waals surface area contributed by atoms with Crippen LogP contribution in [0.3, 0.4) is 0 Å². The van der Waals surface area contributed by atoms with E-state index in [9.17, 15) is 9.59 Å². The van der Waals surface area contributed by atoms with E-state index in [1.54, 1.807) is 4.90 Å². The minimum absolute atomic E-state index is 0. The lowest BCUT2D eigenvalue weighted by Crippen LogP contribution is -2.48. The van der Waals surface area contributed by atoms with Crippen molar-refractivity contribution in [2.45, 2.75) is 13.3 Å². The van der Waals surface area contributed by atoms with Gasteiger partial charge in [0, 0.05) is 45.7 Å². The summed E-state index contributed by atoms with van der Waals surface area (Å²) >= 11 is 0. The summed E-state index contributed by atoms with van der Waals surface area (Å²) in [6.07, 6.45) is 0.399. The highest BCUT2D eigenvalue weighted by molar-refractivity contribution is 5.89. The summed E-state index contributed by atoms with van der Waals surface area (Å²) in [7, 11) is 0. The Hall–Kier alpha value is -0.810. The second-order valence-electron chi connectivity index (χ2n) is 4.41. The summed E-state index contributed by atoms with van der Waals surface area (Å²) in [6, 6.07) is 0. The van der Waals surface area contributed by atoms with Crippen LogP contribution in [0.2, 0.25) is 0 Å². The molecule has 0 saturated carbocycles. The number of piperazine rings is 1. The molecule has 0 aliphatic carbocycles. The number of nitrogens with zero attached hydrogens (tertiary/aromatic N) is 2. The Morgan fingerprint density at radius 2 is 2.06 bits per heavy atom. The van der Waals surface area contributed by atoms with Crippen LogP contribution in [0.5, 0.6) is 0 Å². The molecule has 2 amide bonds. The van der Waals surface area contributed by atoms with E-state index >= 15 is 0 Å². The molecule has 2 rings (SSSR count). The summed E-state index contributed by atoms with van der Waals surface area (Å²) in [5, 5.41) is 3.22. The third-order valence-corrected chi connectivity index (χ3v) is 3.37. The molecule has 1 unspecified atom stereocenters. The third kappa shape index (κ3) is 3.10. The van der Waals surface area contributed by atoms with E-state index < -0.39 is 0 Å². The third-order valence-electron chi connectivity index (χ3n) is 3.37. The molecule has 0 aromatic rings. The predicted molar refractivity (Wildman–Crippen MR) is 67.1 cm³/mol. The van der Waals surface area contributed by atoms with Gasteiger partial charge in [0.2, 0.25) is 11.8 Å². The van der Waals surface area contributed by atoms with E-state index in [0.29, 0.717) is 19.5 Å². The van der Waals surface area contributed by atoms with Crippen molar-refractivity contribution in [2.75, 3.05) is 39.3 Å². The van der Waals surface area contributed by atoms with Gasteiger partial charge >= 0.3 is 0 Å². The second kappa shape index (κ2) is 6.21. The van der Waals surface area contributed by atoms with Gasteiger partial charge < -0.3 is 15.1 Å². The standard InChI is InChI=1S/C11H19N3O2.ClH/c1-2-13-8-9(7-10(13)15)11(16)14-5-3-12-4-6-14;/h9,12H,2-8H2,1H3;1H. The molecule has 1 atom stereocenters. The zero-order chi connectivity index (χ0) is 11.5. The SMILES string of the molecule is CCN1CC(C(=O)N2CCNCC2)CC1=O.Cl. The number of carbonyl (C=O) groups is 2. The fraction of sp³-hybridized carbons (Fsp3) is 0.818. The van der Waals surface area contributed by atoms with Crippen LogP contribution in [-0.2, 0) is 9.59 Å². The molecule has 17 heavy (non-hydrogen) atoms. The van der Waals surface area contributed by atoms with Gasteiger partial charge in [-0.25, -0.2) is 0 Å². The van der Waals surface area contributed by atoms with Crippen LogP contribution in [0.1, 0.15) is 13.3 Å². The van der Waals surface area contributed by atoms with Crippen molar-refractivity contribution in [1.29, 1.82) is 0 Å². The van der Waals surface area contributed by atoms with Crippen LogP contribution in [0, 0.1) is 5.92 Å². The van der Waals surface area contributed by atoms with Crippen LogP contribution < -0.4 is 5.32 Å². The van der Waals surface area contributed by atoms with E-state index in [-0.39, 0.29) is 30.1 Å². The molecule has 0 aromatic carbocycles. The molecule has 2 aliphatic rings. The van der Waals surface area contributed by atoms with Gasteiger partial charge in [-0.15, -0.1) is 12.4 Å². The first-order valence-corrected chi connectivity index (χ1v) is 5.99. The van der Waals surface area contributed by atoms with Gasteiger partial charge in [-0.1, -0.05) is 0 Å². The van der Waals surface area contributed by atoms with Gasteiger partial charge in [-0.2, -0.15) is 0 Å². The van der Waals surface area contributed by atoms with Crippen LogP contribution in [-0.4, -0.2) is 60.9 Å². The minimum atomic E-state index is -0.106. The van der Waals surface area contributed by atoms with E-state index in [0.717, 1.165) is 26.2 Å². The highest BCUT2D eigenvalue weighted by atomic mass is 35.5. The normalized spacial score (nSPS) is 24.8. The summed E-state index contributed by atoms with van der Waals surface area (Å²) < 4.78 is 0. The van der Waals surface area contributed by atoms with Gasteiger partial charge in [0.15, 0.2) is 0 Å². The minimum Gasteiger partial charge on any atom is -0.342 e. The Morgan fingerprint density at radius 3 is 2.59 bits per heavy atom. The summed E-state index contributed by atoms with van der Waals surface area (Å²) in [5.74, 6) is 0.173. The fourth-order valence-corrected chi connectivity index (χ4v) is 2.39. The number of halogens is 1. The molecule has 0 aromatic heterocycles. The Morgan fingerprint density at radius 1 is 1.41 bits per heavy atom. The highest BCUT2D eigenvalue weighted by Crippen LogP contribution is 2.19. The lowest BCUT2D eigenvalue weighted by Gasteiger charge is -2.29. The largest absolute Gasteiger partial charge is 0.342 e. The van der Waals surface area contributed by atoms with Crippen molar-refractivity contribution in [3.05, 3.63) is 0 Å². The van der Waals surface area contributed by atoms with Crippen LogP contribution >= 0.6 is 12.4 Å². The molecule has 6 heteroatoms. The first-order valence-electron chi connectivity index (χ1n) is 5.99. The lowest BCUT2D eigenvalue weighted by atomic mass is 10.1. The van der Waals surface area contributed by atoms with Gasteiger partial charge in [0.1, 0.15) is 0 Å². The van der Waals surface area contributed by atoms with Crippen molar-refractivity contribution >= 4 is 24.2 Å². The average Bonchev–Trinajstić information content (AvgIpc) is 2.71. The zero-order valence-electron chi connectivity index (χ0n) is 10.1. The second-order valence-corrected chi connectivity index (χ2v) is 4.41. The molecule has 2 aliphatic heterocycles. The van der Waals surface area contributed by atoms with Gasteiger partial charge in [-0.05, 0) is 6.92 Å². The Labute approximate surface area is 108 Å². The van der Waals surface area contributed by atoms with Crippen molar-refractivity contribution in [3.8, 4) is 0 Å². The molecule has 1 N–H and O–H groups in total. The number of rotatable bonds is 2. The maximum Gasteiger partial charge on any atom is 0.228 e. The number of hydrogen-bond donors (Lipinski definition) is 1. The van der Waals surface area contributed by atoms with Gasteiger partial charge in [0.05, 0.1) is 5.92 Å². The monoisotopic (exact) mass is 261 g/mol. The summed E-state index contributed by atoms with van der Waals surface area (Å²) in [6.45, 7) is 6.55. The van der Waals surface area contributed by atoms with Crippen molar-refractivity contribution in [3.63, 3.8) is 0 Å². The molecule has 0 bridgehead atoms. The first kappa shape index (κ1) is 14.3. The smallest absolute Gasteiger partial charge is 0.228 e. The van der Waals surface area contributed by atoms with E-state index in [2.05, 4.69) is 5.32 Å². The quantitative estimate of drug-likeness (QED) is 0.743. The van der Waals surface area contributed by atoms with Gasteiger partial charge in [0.25, 0.3) is 0 Å². The number of amides is 2. The Bertz CT molecular complexity index is 292. The maximum absolute atomic E-state index is 12.1. The molecule has 98 valence electrons. The maximum atomic E-state index is 12.1. The van der Waals surface area contributed by atoms with Crippen LogP contribution in [0.4, 0.5) is 0 Å². The van der Waals surface area contributed by atoms with E-state index in [4.69, 9.17) is 0 Å². The molecule has 2 saturated heterocycles. The number of hydrogen-bond acceptors (Lipinski definition) is 3. The predicted octanol–water partition coefficient (Wildman–Crippen LogP) is -0.292. The van der Waals surface area contributed by atoms with Crippen LogP contribution in [0.25, 0.3) is 0 Å². The zero-order valence-corrected chi connectivity index (χ0v) is 11.0. The van der Waals surface area contributed by atoms with Crippen molar-refractivity contribution in [1.82, 2.24) is 15.1 Å². The molecule has 2 heterocycles.